The van der Waals surface area contributed by atoms with Crippen molar-refractivity contribution in [1.82, 2.24) is 9.55 Å². The van der Waals surface area contributed by atoms with Crippen LogP contribution >= 0.6 is 24.8 Å². The third-order valence-electron chi connectivity index (χ3n) is 4.08. The number of fused-ring (bicyclic) bond motifs is 1. The van der Waals surface area contributed by atoms with Crippen molar-refractivity contribution in [1.29, 1.82) is 0 Å². The average Bonchev–Trinajstić information content (AvgIpc) is 2.98. The first-order valence-electron chi connectivity index (χ1n) is 7.95. The molecule has 1 atom stereocenters. The Morgan fingerprint density at radius 3 is 2.31 bits per heavy atom. The molecule has 140 valence electrons. The lowest BCUT2D eigenvalue weighted by Crippen LogP contribution is -2.45. The van der Waals surface area contributed by atoms with Crippen LogP contribution in [-0.2, 0) is 4.79 Å². The highest BCUT2D eigenvalue weighted by Crippen LogP contribution is 2.21. The van der Waals surface area contributed by atoms with E-state index in [1.54, 1.807) is 6.33 Å². The van der Waals surface area contributed by atoms with E-state index in [0.29, 0.717) is 0 Å². The van der Waals surface area contributed by atoms with Crippen molar-refractivity contribution in [2.75, 3.05) is 5.32 Å². The molecule has 7 heteroatoms. The Morgan fingerprint density at radius 1 is 1.08 bits per heavy atom. The maximum atomic E-state index is 12.2. The van der Waals surface area contributed by atoms with E-state index in [-0.39, 0.29) is 36.1 Å². The lowest BCUT2D eigenvalue weighted by molar-refractivity contribution is -0.119. The third kappa shape index (κ3) is 4.55. The van der Waals surface area contributed by atoms with Gasteiger partial charge in [0.25, 0.3) is 0 Å². The summed E-state index contributed by atoms with van der Waals surface area (Å²) in [5.41, 5.74) is 9.42. The van der Waals surface area contributed by atoms with E-state index in [1.807, 2.05) is 73.9 Å². The van der Waals surface area contributed by atoms with Gasteiger partial charge in [-0.1, -0.05) is 32.9 Å². The summed E-state index contributed by atoms with van der Waals surface area (Å²) < 4.78 is 2.02. The minimum atomic E-state index is -0.560. The molecule has 0 saturated carbocycles. The highest BCUT2D eigenvalue weighted by molar-refractivity contribution is 5.95. The predicted molar refractivity (Wildman–Crippen MR) is 112 cm³/mol. The molecule has 0 bridgehead atoms. The highest BCUT2D eigenvalue weighted by Gasteiger charge is 2.27. The molecule has 1 aromatic heterocycles. The summed E-state index contributed by atoms with van der Waals surface area (Å²) in [5, 5.41) is 2.87. The minimum Gasteiger partial charge on any atom is -0.325 e. The number of para-hydroxylation sites is 2. The van der Waals surface area contributed by atoms with Gasteiger partial charge in [-0.2, -0.15) is 0 Å². The molecular weight excluding hydrogens is 371 g/mol. The summed E-state index contributed by atoms with van der Waals surface area (Å²) in [7, 11) is 0. The normalized spacial score (nSPS) is 12.0. The molecular formula is C19H24Cl2N4O. The quantitative estimate of drug-likeness (QED) is 0.699. The van der Waals surface area contributed by atoms with Gasteiger partial charge < -0.3 is 11.1 Å². The van der Waals surface area contributed by atoms with Crippen molar-refractivity contribution >= 4 is 47.4 Å². The van der Waals surface area contributed by atoms with E-state index >= 15 is 0 Å². The smallest absolute Gasteiger partial charge is 0.241 e. The Labute approximate surface area is 165 Å². The van der Waals surface area contributed by atoms with Crippen molar-refractivity contribution in [3.63, 3.8) is 0 Å². The highest BCUT2D eigenvalue weighted by atomic mass is 35.5. The topological polar surface area (TPSA) is 72.9 Å². The summed E-state index contributed by atoms with van der Waals surface area (Å²) in [5.74, 6) is -0.177. The number of hydrogen-bond donors (Lipinski definition) is 2. The van der Waals surface area contributed by atoms with E-state index in [2.05, 4.69) is 10.3 Å². The van der Waals surface area contributed by atoms with Crippen LogP contribution in [0.25, 0.3) is 16.7 Å². The SMILES string of the molecule is CC(C)(C)[C@H](N)C(=O)Nc1ccc(-n2cnc3ccccc32)cc1.Cl.Cl. The molecule has 0 aliphatic heterocycles. The number of aromatic nitrogens is 2. The van der Waals surface area contributed by atoms with Gasteiger partial charge in [0.1, 0.15) is 6.33 Å². The lowest BCUT2D eigenvalue weighted by atomic mass is 9.87. The Hall–Kier alpha value is -2.08. The van der Waals surface area contributed by atoms with Crippen molar-refractivity contribution in [2.24, 2.45) is 11.1 Å². The molecule has 26 heavy (non-hydrogen) atoms. The zero-order valence-corrected chi connectivity index (χ0v) is 16.6. The van der Waals surface area contributed by atoms with Gasteiger partial charge in [-0.05, 0) is 41.8 Å². The Balaban J connectivity index is 0.00000169. The number of nitrogens with zero attached hydrogens (tertiary/aromatic N) is 2. The van der Waals surface area contributed by atoms with Crippen LogP contribution in [0.15, 0.2) is 54.9 Å². The van der Waals surface area contributed by atoms with Gasteiger partial charge in [-0.25, -0.2) is 4.98 Å². The van der Waals surface area contributed by atoms with Gasteiger partial charge >= 0.3 is 0 Å². The monoisotopic (exact) mass is 394 g/mol. The van der Waals surface area contributed by atoms with Crippen molar-refractivity contribution in [3.05, 3.63) is 54.9 Å². The van der Waals surface area contributed by atoms with Gasteiger partial charge in [0.05, 0.1) is 17.1 Å². The van der Waals surface area contributed by atoms with Gasteiger partial charge in [-0.3, -0.25) is 9.36 Å². The van der Waals surface area contributed by atoms with Crippen LogP contribution in [0, 0.1) is 5.41 Å². The number of nitrogens with two attached hydrogens (primary N) is 1. The summed E-state index contributed by atoms with van der Waals surface area (Å²) in [4.78, 5) is 16.6. The predicted octanol–water partition coefficient (Wildman–Crippen LogP) is 4.18. The Morgan fingerprint density at radius 2 is 1.69 bits per heavy atom. The van der Waals surface area contributed by atoms with Gasteiger partial charge in [0.2, 0.25) is 5.91 Å². The Kier molecular flexibility index (Phi) is 7.21. The number of anilines is 1. The molecule has 0 aliphatic carbocycles. The molecule has 1 heterocycles. The molecule has 0 spiro atoms. The van der Waals surface area contributed by atoms with Crippen molar-refractivity contribution in [3.8, 4) is 5.69 Å². The van der Waals surface area contributed by atoms with Crippen molar-refractivity contribution in [2.45, 2.75) is 26.8 Å². The first-order chi connectivity index (χ1) is 11.4. The lowest BCUT2D eigenvalue weighted by Gasteiger charge is -2.25. The van der Waals surface area contributed by atoms with Gasteiger partial charge in [0.15, 0.2) is 0 Å². The van der Waals surface area contributed by atoms with E-state index in [1.165, 1.54) is 0 Å². The number of carbonyl (C=O) groups is 1. The first-order valence-corrected chi connectivity index (χ1v) is 7.95. The standard InChI is InChI=1S/C19H22N4O.2ClH/c1-19(2,3)17(20)18(24)22-13-8-10-14(11-9-13)23-12-21-15-6-4-5-7-16(15)23;;/h4-12,17H,20H2,1-3H3,(H,22,24);2*1H/t17-;;/m1../s1. The molecule has 0 unspecified atom stereocenters. The molecule has 0 fully saturated rings. The van der Waals surface area contributed by atoms with Crippen LogP contribution in [-0.4, -0.2) is 21.5 Å². The number of benzene rings is 2. The number of carbonyl (C=O) groups excluding carboxylic acids is 1. The largest absolute Gasteiger partial charge is 0.325 e. The van der Waals surface area contributed by atoms with E-state index in [0.717, 1.165) is 22.4 Å². The zero-order chi connectivity index (χ0) is 17.3. The fourth-order valence-corrected chi connectivity index (χ4v) is 2.48. The molecule has 5 nitrogen and oxygen atoms in total. The number of hydrogen-bond acceptors (Lipinski definition) is 3. The minimum absolute atomic E-state index is 0. The van der Waals surface area contributed by atoms with E-state index in [9.17, 15) is 4.79 Å². The molecule has 0 saturated heterocycles. The number of amides is 1. The van der Waals surface area contributed by atoms with Crippen LogP contribution < -0.4 is 11.1 Å². The van der Waals surface area contributed by atoms with Crippen LogP contribution in [0.1, 0.15) is 20.8 Å². The van der Waals surface area contributed by atoms with Crippen LogP contribution in [0.5, 0.6) is 0 Å². The first kappa shape index (κ1) is 22.0. The summed E-state index contributed by atoms with van der Waals surface area (Å²) >= 11 is 0. The Bertz CT molecular complexity index is 869. The van der Waals surface area contributed by atoms with Gasteiger partial charge in [0, 0.05) is 11.4 Å². The summed E-state index contributed by atoms with van der Waals surface area (Å²) in [6, 6.07) is 15.1. The maximum Gasteiger partial charge on any atom is 0.241 e. The number of imidazole rings is 1. The third-order valence-corrected chi connectivity index (χ3v) is 4.08. The fourth-order valence-electron chi connectivity index (χ4n) is 2.48. The second-order valence-electron chi connectivity index (χ2n) is 6.98. The number of nitrogens with one attached hydrogen (secondary N) is 1. The fraction of sp³-hybridized carbons (Fsp3) is 0.263. The number of rotatable bonds is 3. The summed E-state index contributed by atoms with van der Waals surface area (Å²) in [6.07, 6.45) is 1.80. The van der Waals surface area contributed by atoms with Gasteiger partial charge in [-0.15, -0.1) is 24.8 Å². The number of halogens is 2. The maximum absolute atomic E-state index is 12.2. The molecule has 3 N–H and O–H groups in total. The van der Waals surface area contributed by atoms with E-state index in [4.69, 9.17) is 5.73 Å². The zero-order valence-electron chi connectivity index (χ0n) is 15.0. The van der Waals surface area contributed by atoms with Crippen LogP contribution in [0.4, 0.5) is 5.69 Å². The molecule has 0 aliphatic rings. The van der Waals surface area contributed by atoms with Crippen molar-refractivity contribution < 1.29 is 4.79 Å². The molecule has 1 amide bonds. The average molecular weight is 395 g/mol. The summed E-state index contributed by atoms with van der Waals surface area (Å²) in [6.45, 7) is 5.85. The van der Waals surface area contributed by atoms with Crippen LogP contribution in [0.3, 0.4) is 0 Å². The van der Waals surface area contributed by atoms with E-state index < -0.39 is 6.04 Å². The second-order valence-corrected chi connectivity index (χ2v) is 6.98. The molecule has 3 rings (SSSR count). The van der Waals surface area contributed by atoms with Crippen LogP contribution in [0.2, 0.25) is 0 Å². The molecule has 3 aromatic rings. The molecule has 0 radical (unpaired) electrons. The second kappa shape index (κ2) is 8.54. The molecule has 2 aromatic carbocycles.